The number of aromatic nitrogens is 2. The molecular formula is C15H18N4O. The maximum Gasteiger partial charge on any atom is 0.186 e. The van der Waals surface area contributed by atoms with Crippen molar-refractivity contribution in [3.05, 3.63) is 30.0 Å². The number of benzene rings is 1. The van der Waals surface area contributed by atoms with Crippen molar-refractivity contribution < 1.29 is 5.11 Å². The largest absolute Gasteiger partial charge is 0.394 e. The number of hydrogen-bond acceptors (Lipinski definition) is 5. The second-order valence-corrected chi connectivity index (χ2v) is 5.21. The molecule has 1 heterocycles. The van der Waals surface area contributed by atoms with Gasteiger partial charge in [0.1, 0.15) is 6.07 Å². The SMILES string of the molecule is CC(C)CC(CO)Nc1c(C#N)nnc2ccccc12. The van der Waals surface area contributed by atoms with Crippen molar-refractivity contribution >= 4 is 16.6 Å². The molecule has 0 aliphatic heterocycles. The van der Waals surface area contributed by atoms with Gasteiger partial charge in [0.05, 0.1) is 17.8 Å². The number of rotatable bonds is 5. The van der Waals surface area contributed by atoms with E-state index in [1.807, 2.05) is 24.3 Å². The molecule has 1 aromatic carbocycles. The van der Waals surface area contributed by atoms with Crippen LogP contribution in [0.2, 0.25) is 0 Å². The van der Waals surface area contributed by atoms with Gasteiger partial charge in [0.25, 0.3) is 0 Å². The smallest absolute Gasteiger partial charge is 0.186 e. The van der Waals surface area contributed by atoms with Crippen LogP contribution in [0.5, 0.6) is 0 Å². The molecule has 2 rings (SSSR count). The zero-order chi connectivity index (χ0) is 14.5. The van der Waals surface area contributed by atoms with Crippen molar-refractivity contribution in [1.29, 1.82) is 5.26 Å². The van der Waals surface area contributed by atoms with Crippen LogP contribution in [0.4, 0.5) is 5.69 Å². The molecule has 2 aromatic rings. The molecule has 5 nitrogen and oxygen atoms in total. The number of nitriles is 1. The Labute approximate surface area is 118 Å². The number of aliphatic hydroxyl groups excluding tert-OH is 1. The Balaban J connectivity index is 2.43. The van der Waals surface area contributed by atoms with Gasteiger partial charge in [0.15, 0.2) is 5.69 Å². The average Bonchev–Trinajstić information content (AvgIpc) is 2.46. The predicted molar refractivity (Wildman–Crippen MR) is 78.2 cm³/mol. The molecule has 0 radical (unpaired) electrons. The van der Waals surface area contributed by atoms with E-state index in [0.29, 0.717) is 11.6 Å². The summed E-state index contributed by atoms with van der Waals surface area (Å²) < 4.78 is 0. The molecule has 1 aromatic heterocycles. The standard InChI is InChI=1S/C15H18N4O/c1-10(2)7-11(9-20)17-15-12-5-3-4-6-13(12)18-19-14(15)8-16/h3-6,10-11,20H,7,9H2,1-2H3,(H,17,18). The van der Waals surface area contributed by atoms with Crippen LogP contribution in [0.1, 0.15) is 26.0 Å². The Bertz CT molecular complexity index is 633. The van der Waals surface area contributed by atoms with E-state index in [-0.39, 0.29) is 18.3 Å². The maximum absolute atomic E-state index is 9.49. The summed E-state index contributed by atoms with van der Waals surface area (Å²) in [7, 11) is 0. The first-order chi connectivity index (χ1) is 9.65. The molecule has 0 saturated heterocycles. The van der Waals surface area contributed by atoms with Gasteiger partial charge < -0.3 is 10.4 Å². The lowest BCUT2D eigenvalue weighted by Crippen LogP contribution is -2.26. The van der Waals surface area contributed by atoms with E-state index < -0.39 is 0 Å². The minimum absolute atomic E-state index is 0.0136. The van der Waals surface area contributed by atoms with Gasteiger partial charge in [0, 0.05) is 11.4 Å². The highest BCUT2D eigenvalue weighted by Crippen LogP contribution is 2.25. The molecule has 0 bridgehead atoms. The van der Waals surface area contributed by atoms with Crippen LogP contribution in [0.3, 0.4) is 0 Å². The number of anilines is 1. The van der Waals surface area contributed by atoms with E-state index >= 15 is 0 Å². The molecule has 0 amide bonds. The number of nitrogens with one attached hydrogen (secondary N) is 1. The summed E-state index contributed by atoms with van der Waals surface area (Å²) in [6, 6.07) is 9.48. The quantitative estimate of drug-likeness (QED) is 0.871. The first-order valence-electron chi connectivity index (χ1n) is 6.68. The minimum atomic E-state index is -0.102. The molecule has 0 aliphatic carbocycles. The Morgan fingerprint density at radius 3 is 2.70 bits per heavy atom. The second-order valence-electron chi connectivity index (χ2n) is 5.21. The molecule has 2 N–H and O–H groups in total. The summed E-state index contributed by atoms with van der Waals surface area (Å²) in [5, 5.41) is 30.7. The fourth-order valence-electron chi connectivity index (χ4n) is 2.23. The number of fused-ring (bicyclic) bond motifs is 1. The lowest BCUT2D eigenvalue weighted by atomic mass is 10.0. The normalized spacial score (nSPS) is 12.3. The van der Waals surface area contributed by atoms with Gasteiger partial charge in [0.2, 0.25) is 0 Å². The van der Waals surface area contributed by atoms with E-state index in [2.05, 4.69) is 35.4 Å². The van der Waals surface area contributed by atoms with E-state index in [1.54, 1.807) is 0 Å². The maximum atomic E-state index is 9.49. The summed E-state index contributed by atoms with van der Waals surface area (Å²) in [4.78, 5) is 0. The lowest BCUT2D eigenvalue weighted by molar-refractivity contribution is 0.259. The Morgan fingerprint density at radius 1 is 1.30 bits per heavy atom. The van der Waals surface area contributed by atoms with Crippen LogP contribution in [0.25, 0.3) is 10.9 Å². The number of aliphatic hydroxyl groups is 1. The molecule has 0 aliphatic rings. The van der Waals surface area contributed by atoms with E-state index in [0.717, 1.165) is 17.3 Å². The third-order valence-corrected chi connectivity index (χ3v) is 3.10. The van der Waals surface area contributed by atoms with Crippen LogP contribution in [0, 0.1) is 17.2 Å². The molecule has 1 atom stereocenters. The van der Waals surface area contributed by atoms with E-state index in [4.69, 9.17) is 0 Å². The fourth-order valence-corrected chi connectivity index (χ4v) is 2.23. The monoisotopic (exact) mass is 270 g/mol. The molecule has 104 valence electrons. The Morgan fingerprint density at radius 2 is 2.05 bits per heavy atom. The van der Waals surface area contributed by atoms with Crippen LogP contribution < -0.4 is 5.32 Å². The van der Waals surface area contributed by atoms with Crippen LogP contribution >= 0.6 is 0 Å². The summed E-state index contributed by atoms with van der Waals surface area (Å²) in [5.41, 5.74) is 1.64. The van der Waals surface area contributed by atoms with Gasteiger partial charge in [-0.25, -0.2) is 0 Å². The highest BCUT2D eigenvalue weighted by atomic mass is 16.3. The first-order valence-corrected chi connectivity index (χ1v) is 6.68. The molecule has 0 saturated carbocycles. The summed E-state index contributed by atoms with van der Waals surface area (Å²) >= 11 is 0. The zero-order valence-electron chi connectivity index (χ0n) is 11.7. The minimum Gasteiger partial charge on any atom is -0.394 e. The van der Waals surface area contributed by atoms with Crippen LogP contribution in [0.15, 0.2) is 24.3 Å². The topological polar surface area (TPSA) is 81.8 Å². The van der Waals surface area contributed by atoms with E-state index in [1.165, 1.54) is 0 Å². The Hall–Kier alpha value is -2.19. The van der Waals surface area contributed by atoms with Crippen molar-refractivity contribution in [2.24, 2.45) is 5.92 Å². The molecule has 5 heteroatoms. The van der Waals surface area contributed by atoms with Crippen LogP contribution in [-0.2, 0) is 0 Å². The van der Waals surface area contributed by atoms with Crippen LogP contribution in [-0.4, -0.2) is 28.0 Å². The van der Waals surface area contributed by atoms with Gasteiger partial charge in [-0.3, -0.25) is 0 Å². The van der Waals surface area contributed by atoms with Crippen molar-refractivity contribution in [3.8, 4) is 6.07 Å². The van der Waals surface area contributed by atoms with Gasteiger partial charge >= 0.3 is 0 Å². The third kappa shape index (κ3) is 3.03. The third-order valence-electron chi connectivity index (χ3n) is 3.10. The van der Waals surface area contributed by atoms with Gasteiger partial charge in [-0.2, -0.15) is 5.26 Å². The summed E-state index contributed by atoms with van der Waals surface area (Å²) in [6.07, 6.45) is 0.817. The van der Waals surface area contributed by atoms with Crippen molar-refractivity contribution in [1.82, 2.24) is 10.2 Å². The van der Waals surface area contributed by atoms with Gasteiger partial charge in [-0.15, -0.1) is 10.2 Å². The predicted octanol–water partition coefficient (Wildman–Crippen LogP) is 2.32. The molecule has 0 fully saturated rings. The average molecular weight is 270 g/mol. The summed E-state index contributed by atoms with van der Waals surface area (Å²) in [5.74, 6) is 0.450. The fraction of sp³-hybridized carbons (Fsp3) is 0.400. The molecule has 0 spiro atoms. The van der Waals surface area contributed by atoms with E-state index in [9.17, 15) is 10.4 Å². The molecule has 20 heavy (non-hydrogen) atoms. The molecule has 1 unspecified atom stereocenters. The highest BCUT2D eigenvalue weighted by Gasteiger charge is 2.15. The first kappa shape index (κ1) is 14.2. The van der Waals surface area contributed by atoms with Crippen molar-refractivity contribution in [2.45, 2.75) is 26.3 Å². The molecular weight excluding hydrogens is 252 g/mol. The van der Waals surface area contributed by atoms with Gasteiger partial charge in [-0.1, -0.05) is 32.0 Å². The summed E-state index contributed by atoms with van der Waals surface area (Å²) in [6.45, 7) is 4.20. The van der Waals surface area contributed by atoms with Crippen molar-refractivity contribution in [3.63, 3.8) is 0 Å². The van der Waals surface area contributed by atoms with Gasteiger partial charge in [-0.05, 0) is 18.4 Å². The number of hydrogen-bond donors (Lipinski definition) is 2. The Kier molecular flexibility index (Phi) is 4.49. The highest BCUT2D eigenvalue weighted by molar-refractivity contribution is 5.92. The zero-order valence-corrected chi connectivity index (χ0v) is 11.7. The second kappa shape index (κ2) is 6.31. The van der Waals surface area contributed by atoms with Crippen molar-refractivity contribution in [2.75, 3.05) is 11.9 Å². The number of nitrogens with zero attached hydrogens (tertiary/aromatic N) is 3. The lowest BCUT2D eigenvalue weighted by Gasteiger charge is -2.20.